The van der Waals surface area contributed by atoms with Crippen molar-refractivity contribution in [2.75, 3.05) is 67.2 Å². The lowest BCUT2D eigenvalue weighted by molar-refractivity contribution is 0.104. The van der Waals surface area contributed by atoms with Crippen molar-refractivity contribution in [2.24, 2.45) is 0 Å². The summed E-state index contributed by atoms with van der Waals surface area (Å²) in [6, 6.07) is 16.2. The van der Waals surface area contributed by atoms with E-state index < -0.39 is 0 Å². The van der Waals surface area contributed by atoms with Gasteiger partial charge in [0.15, 0.2) is 5.13 Å². The summed E-state index contributed by atoms with van der Waals surface area (Å²) in [5.41, 5.74) is 10.1. The third-order valence-electron chi connectivity index (χ3n) is 6.45. The first-order valence-corrected chi connectivity index (χ1v) is 12.3. The minimum absolute atomic E-state index is 0.0866. The highest BCUT2D eigenvalue weighted by atomic mass is 32.1. The quantitative estimate of drug-likeness (QED) is 0.535. The van der Waals surface area contributed by atoms with E-state index in [1.165, 1.54) is 35.6 Å². The van der Waals surface area contributed by atoms with Gasteiger partial charge in [-0.25, -0.2) is 4.98 Å². The number of carbonyl (C=O) groups is 1. The van der Waals surface area contributed by atoms with Crippen LogP contribution in [0.5, 0.6) is 0 Å². The molecule has 1 aromatic heterocycles. The second-order valence-corrected chi connectivity index (χ2v) is 9.76. The number of anilines is 5. The van der Waals surface area contributed by atoms with Crippen LogP contribution in [0.4, 0.5) is 28.0 Å². The van der Waals surface area contributed by atoms with E-state index in [1.54, 1.807) is 0 Å². The van der Waals surface area contributed by atoms with Crippen molar-refractivity contribution >= 4 is 45.1 Å². The molecule has 7 nitrogen and oxygen atoms in total. The monoisotopic (exact) mass is 462 g/mol. The molecule has 2 aliphatic heterocycles. The molecular weight excluding hydrogens is 432 g/mol. The van der Waals surface area contributed by atoms with Crippen LogP contribution in [0.15, 0.2) is 48.5 Å². The normalized spacial score (nSPS) is 16.9. The van der Waals surface area contributed by atoms with Gasteiger partial charge in [-0.05, 0) is 68.4 Å². The van der Waals surface area contributed by atoms with Crippen molar-refractivity contribution < 1.29 is 4.79 Å². The molecule has 3 N–H and O–H groups in total. The number of rotatable bonds is 6. The summed E-state index contributed by atoms with van der Waals surface area (Å²) >= 11 is 1.30. The van der Waals surface area contributed by atoms with Gasteiger partial charge in [0.2, 0.25) is 5.78 Å². The molecule has 172 valence electrons. The molecule has 0 unspecified atom stereocenters. The van der Waals surface area contributed by atoms with Crippen LogP contribution in [-0.4, -0.2) is 62.0 Å². The first kappa shape index (κ1) is 21.7. The largest absolute Gasteiger partial charge is 0.382 e. The van der Waals surface area contributed by atoms with Gasteiger partial charge in [-0.1, -0.05) is 11.3 Å². The lowest BCUT2D eigenvalue weighted by Gasteiger charge is -2.34. The summed E-state index contributed by atoms with van der Waals surface area (Å²) < 4.78 is 0. The van der Waals surface area contributed by atoms with Crippen molar-refractivity contribution in [3.63, 3.8) is 0 Å². The summed E-state index contributed by atoms with van der Waals surface area (Å²) in [5.74, 6) is 0.182. The molecular formula is C25H30N6OS. The Balaban J connectivity index is 1.25. The Morgan fingerprint density at radius 2 is 1.45 bits per heavy atom. The third kappa shape index (κ3) is 4.82. The minimum atomic E-state index is -0.0866. The van der Waals surface area contributed by atoms with Gasteiger partial charge in [0, 0.05) is 61.9 Å². The van der Waals surface area contributed by atoms with Crippen LogP contribution in [0, 0.1) is 0 Å². The fourth-order valence-corrected chi connectivity index (χ4v) is 5.29. The zero-order valence-electron chi connectivity index (χ0n) is 19.0. The standard InChI is InChI=1S/C25H30N6OS/c1-29-14-16-31(17-15-29)21-10-6-19(7-11-21)27-25-28-24(26)23(33-25)22(32)18-4-8-20(9-5-18)30-12-2-3-13-30/h4-11H,2-3,12-17,26H2,1H3,(H,27,28). The summed E-state index contributed by atoms with van der Waals surface area (Å²) in [5, 5.41) is 3.92. The van der Waals surface area contributed by atoms with Gasteiger partial charge in [0.1, 0.15) is 10.7 Å². The highest BCUT2D eigenvalue weighted by molar-refractivity contribution is 7.18. The second-order valence-electron chi connectivity index (χ2n) is 8.77. The van der Waals surface area contributed by atoms with Crippen molar-refractivity contribution in [3.05, 3.63) is 59.0 Å². The maximum atomic E-state index is 13.0. The molecule has 2 fully saturated rings. The van der Waals surface area contributed by atoms with Crippen LogP contribution in [-0.2, 0) is 0 Å². The van der Waals surface area contributed by atoms with Crippen molar-refractivity contribution in [1.29, 1.82) is 0 Å². The number of piperazine rings is 1. The van der Waals surface area contributed by atoms with Crippen LogP contribution in [0.2, 0.25) is 0 Å². The SMILES string of the molecule is CN1CCN(c2ccc(Nc3nc(N)c(C(=O)c4ccc(N5CCCC5)cc4)s3)cc2)CC1. The number of benzene rings is 2. The molecule has 3 heterocycles. The van der Waals surface area contributed by atoms with Crippen LogP contribution in [0.1, 0.15) is 28.1 Å². The van der Waals surface area contributed by atoms with E-state index in [2.05, 4.69) is 44.2 Å². The fourth-order valence-electron chi connectivity index (χ4n) is 4.42. The summed E-state index contributed by atoms with van der Waals surface area (Å²) in [6.45, 7) is 6.40. The lowest BCUT2D eigenvalue weighted by Crippen LogP contribution is -2.44. The van der Waals surface area contributed by atoms with E-state index in [0.29, 0.717) is 15.6 Å². The molecule has 8 heteroatoms. The highest BCUT2D eigenvalue weighted by Gasteiger charge is 2.20. The number of carbonyl (C=O) groups excluding carboxylic acids is 1. The van der Waals surface area contributed by atoms with Gasteiger partial charge in [-0.2, -0.15) is 0 Å². The van der Waals surface area contributed by atoms with Crippen molar-refractivity contribution in [3.8, 4) is 0 Å². The summed E-state index contributed by atoms with van der Waals surface area (Å²) in [4.78, 5) is 25.0. The number of hydrogen-bond donors (Lipinski definition) is 2. The van der Waals surface area contributed by atoms with Crippen molar-refractivity contribution in [1.82, 2.24) is 9.88 Å². The zero-order valence-corrected chi connectivity index (χ0v) is 19.8. The van der Waals surface area contributed by atoms with E-state index in [1.807, 2.05) is 36.4 Å². The van der Waals surface area contributed by atoms with Crippen molar-refractivity contribution in [2.45, 2.75) is 12.8 Å². The minimum Gasteiger partial charge on any atom is -0.382 e. The molecule has 5 rings (SSSR count). The van der Waals surface area contributed by atoms with Gasteiger partial charge in [0.25, 0.3) is 0 Å². The molecule has 0 radical (unpaired) electrons. The van der Waals surface area contributed by atoms with Gasteiger partial charge < -0.3 is 25.8 Å². The Morgan fingerprint density at radius 1 is 0.879 bits per heavy atom. The molecule has 0 amide bonds. The third-order valence-corrected chi connectivity index (χ3v) is 7.43. The number of ketones is 1. The predicted octanol–water partition coefficient (Wildman–Crippen LogP) is 4.05. The van der Waals surface area contributed by atoms with Gasteiger partial charge in [0.05, 0.1) is 0 Å². The summed E-state index contributed by atoms with van der Waals surface area (Å²) in [6.07, 6.45) is 2.46. The first-order chi connectivity index (χ1) is 16.1. The van der Waals surface area contributed by atoms with Crippen LogP contribution in [0.25, 0.3) is 0 Å². The van der Waals surface area contributed by atoms with E-state index in [9.17, 15) is 4.79 Å². The van der Waals surface area contributed by atoms with Gasteiger partial charge in [-0.15, -0.1) is 0 Å². The van der Waals surface area contributed by atoms with E-state index in [-0.39, 0.29) is 11.6 Å². The molecule has 2 saturated heterocycles. The molecule has 33 heavy (non-hydrogen) atoms. The van der Waals surface area contributed by atoms with E-state index in [0.717, 1.165) is 45.0 Å². The number of likely N-dealkylation sites (N-methyl/N-ethyl adjacent to an activating group) is 1. The Bertz CT molecular complexity index is 1100. The highest BCUT2D eigenvalue weighted by Crippen LogP contribution is 2.31. The molecule has 0 atom stereocenters. The number of aromatic nitrogens is 1. The molecule has 2 aromatic carbocycles. The summed E-state index contributed by atoms with van der Waals surface area (Å²) in [7, 11) is 2.16. The lowest BCUT2D eigenvalue weighted by atomic mass is 10.1. The predicted molar refractivity (Wildman–Crippen MR) is 137 cm³/mol. The van der Waals surface area contributed by atoms with Crippen LogP contribution in [0.3, 0.4) is 0 Å². The van der Waals surface area contributed by atoms with Crippen LogP contribution >= 0.6 is 11.3 Å². The van der Waals surface area contributed by atoms with E-state index >= 15 is 0 Å². The average molecular weight is 463 g/mol. The molecule has 0 aliphatic carbocycles. The molecule has 0 bridgehead atoms. The number of nitrogens with two attached hydrogens (primary N) is 1. The fraction of sp³-hybridized carbons (Fsp3) is 0.360. The number of nitrogen functional groups attached to an aromatic ring is 1. The Labute approximate surface area is 198 Å². The number of nitrogens with zero attached hydrogens (tertiary/aromatic N) is 4. The average Bonchev–Trinajstić information content (AvgIpc) is 3.50. The van der Waals surface area contributed by atoms with Gasteiger partial charge in [-0.3, -0.25) is 4.79 Å². The van der Waals surface area contributed by atoms with Gasteiger partial charge >= 0.3 is 0 Å². The maximum Gasteiger partial charge on any atom is 0.206 e. The van der Waals surface area contributed by atoms with E-state index in [4.69, 9.17) is 5.73 Å². The Morgan fingerprint density at radius 3 is 2.09 bits per heavy atom. The zero-order chi connectivity index (χ0) is 22.8. The molecule has 0 saturated carbocycles. The smallest absolute Gasteiger partial charge is 0.206 e. The maximum absolute atomic E-state index is 13.0. The number of hydrogen-bond acceptors (Lipinski definition) is 8. The first-order valence-electron chi connectivity index (χ1n) is 11.5. The molecule has 3 aromatic rings. The van der Waals surface area contributed by atoms with Crippen LogP contribution < -0.4 is 20.9 Å². The number of nitrogens with one attached hydrogen (secondary N) is 1. The number of thiazole rings is 1. The molecule has 2 aliphatic rings. The Kier molecular flexibility index (Phi) is 6.20. The second kappa shape index (κ2) is 9.41. The molecule has 0 spiro atoms. The topological polar surface area (TPSA) is 77.7 Å². The Hall–Kier alpha value is -3.10.